The molecule has 1 aromatic heterocycles. The highest BCUT2D eigenvalue weighted by molar-refractivity contribution is 5.10. The van der Waals surface area contributed by atoms with Crippen LogP contribution in [0.2, 0.25) is 0 Å². The van der Waals surface area contributed by atoms with Crippen LogP contribution in [0.4, 0.5) is 5.95 Å². The van der Waals surface area contributed by atoms with Gasteiger partial charge in [-0.05, 0) is 11.1 Å². The number of nitrogens with zero attached hydrogens (tertiary/aromatic N) is 2. The van der Waals surface area contributed by atoms with Crippen molar-refractivity contribution in [2.24, 2.45) is 5.92 Å². The van der Waals surface area contributed by atoms with E-state index in [-0.39, 0.29) is 5.95 Å². The van der Waals surface area contributed by atoms with Gasteiger partial charge in [-0.1, -0.05) is 13.8 Å². The van der Waals surface area contributed by atoms with Crippen molar-refractivity contribution in [1.82, 2.24) is 10.1 Å². The predicted octanol–water partition coefficient (Wildman–Crippen LogP) is 0.850. The van der Waals surface area contributed by atoms with Gasteiger partial charge in [-0.25, -0.2) is 0 Å². The highest BCUT2D eigenvalue weighted by atomic mass is 16.5. The van der Waals surface area contributed by atoms with Crippen LogP contribution in [0.5, 0.6) is 0 Å². The minimum Gasteiger partial charge on any atom is -0.365 e. The van der Waals surface area contributed by atoms with Crippen molar-refractivity contribution in [2.75, 3.05) is 5.73 Å². The van der Waals surface area contributed by atoms with E-state index in [1.807, 2.05) is 0 Å². The second-order valence-corrected chi connectivity index (χ2v) is 2.64. The summed E-state index contributed by atoms with van der Waals surface area (Å²) in [7, 11) is 0. The molecule has 1 aromatic rings. The molecule has 0 bridgehead atoms. The van der Waals surface area contributed by atoms with E-state index >= 15 is 0 Å². The Balaban J connectivity index is 2.58. The Labute approximate surface area is 59.4 Å². The molecule has 0 aliphatic carbocycles. The van der Waals surface area contributed by atoms with E-state index in [9.17, 15) is 0 Å². The van der Waals surface area contributed by atoms with E-state index in [1.54, 1.807) is 0 Å². The SMILES string of the molecule is CC(C)Cc1nc(N)no1. The van der Waals surface area contributed by atoms with Crippen LogP contribution in [0, 0.1) is 5.92 Å². The fourth-order valence-electron chi connectivity index (χ4n) is 0.700. The maximum Gasteiger partial charge on any atom is 0.260 e. The number of nitrogens with two attached hydrogens (primary N) is 1. The Morgan fingerprint density at radius 1 is 1.60 bits per heavy atom. The summed E-state index contributed by atoms with van der Waals surface area (Å²) in [5, 5.41) is 3.46. The van der Waals surface area contributed by atoms with Gasteiger partial charge in [0.25, 0.3) is 5.95 Å². The Morgan fingerprint density at radius 2 is 2.30 bits per heavy atom. The molecule has 0 aliphatic rings. The molecule has 0 fully saturated rings. The molecule has 0 unspecified atom stereocenters. The number of anilines is 1. The lowest BCUT2D eigenvalue weighted by molar-refractivity contribution is 0.364. The summed E-state index contributed by atoms with van der Waals surface area (Å²) in [5.74, 6) is 1.36. The van der Waals surface area contributed by atoms with E-state index in [1.165, 1.54) is 0 Å². The second-order valence-electron chi connectivity index (χ2n) is 2.64. The van der Waals surface area contributed by atoms with Crippen LogP contribution in [0.15, 0.2) is 4.52 Å². The van der Waals surface area contributed by atoms with Crippen molar-refractivity contribution in [3.05, 3.63) is 5.89 Å². The summed E-state index contributed by atoms with van der Waals surface area (Å²) >= 11 is 0. The summed E-state index contributed by atoms with van der Waals surface area (Å²) in [4.78, 5) is 3.85. The summed E-state index contributed by atoms with van der Waals surface area (Å²) in [5.41, 5.74) is 5.24. The Hall–Kier alpha value is -1.06. The van der Waals surface area contributed by atoms with E-state index in [0.717, 1.165) is 6.42 Å². The first kappa shape index (κ1) is 7.05. The van der Waals surface area contributed by atoms with E-state index < -0.39 is 0 Å². The van der Waals surface area contributed by atoms with Crippen molar-refractivity contribution in [3.8, 4) is 0 Å². The molecule has 1 rings (SSSR count). The topological polar surface area (TPSA) is 64.9 Å². The molecular weight excluding hydrogens is 130 g/mol. The fraction of sp³-hybridized carbons (Fsp3) is 0.667. The molecule has 2 N–H and O–H groups in total. The third-order valence-corrected chi connectivity index (χ3v) is 1.07. The minimum atomic E-state index is 0.218. The first-order chi connectivity index (χ1) is 4.68. The molecule has 0 aliphatic heterocycles. The van der Waals surface area contributed by atoms with Gasteiger partial charge in [-0.3, -0.25) is 0 Å². The van der Waals surface area contributed by atoms with Gasteiger partial charge in [0.1, 0.15) is 0 Å². The van der Waals surface area contributed by atoms with Crippen LogP contribution in [0.25, 0.3) is 0 Å². The first-order valence-corrected chi connectivity index (χ1v) is 3.26. The largest absolute Gasteiger partial charge is 0.365 e. The molecule has 0 amide bonds. The number of rotatable bonds is 2. The zero-order valence-corrected chi connectivity index (χ0v) is 6.16. The molecule has 0 aromatic carbocycles. The van der Waals surface area contributed by atoms with Crippen LogP contribution in [0.1, 0.15) is 19.7 Å². The van der Waals surface area contributed by atoms with Crippen molar-refractivity contribution in [1.29, 1.82) is 0 Å². The van der Waals surface area contributed by atoms with Crippen LogP contribution < -0.4 is 5.73 Å². The van der Waals surface area contributed by atoms with Crippen molar-refractivity contribution >= 4 is 5.95 Å². The zero-order valence-electron chi connectivity index (χ0n) is 6.16. The van der Waals surface area contributed by atoms with Gasteiger partial charge in [-0.15, -0.1) is 0 Å². The first-order valence-electron chi connectivity index (χ1n) is 3.26. The zero-order chi connectivity index (χ0) is 7.56. The predicted molar refractivity (Wildman–Crippen MR) is 37.3 cm³/mol. The van der Waals surface area contributed by atoms with Crippen molar-refractivity contribution in [2.45, 2.75) is 20.3 Å². The van der Waals surface area contributed by atoms with Gasteiger partial charge < -0.3 is 10.3 Å². The average molecular weight is 141 g/mol. The molecule has 0 saturated heterocycles. The quantitative estimate of drug-likeness (QED) is 0.663. The normalized spacial score (nSPS) is 10.7. The smallest absolute Gasteiger partial charge is 0.260 e. The number of hydrogen-bond acceptors (Lipinski definition) is 4. The summed E-state index contributed by atoms with van der Waals surface area (Å²) in [6, 6.07) is 0. The van der Waals surface area contributed by atoms with E-state index in [0.29, 0.717) is 11.8 Å². The van der Waals surface area contributed by atoms with Crippen molar-refractivity contribution < 1.29 is 4.52 Å². The standard InChI is InChI=1S/C6H11N3O/c1-4(2)3-5-8-6(7)9-10-5/h4H,3H2,1-2H3,(H2,7,9). The number of aromatic nitrogens is 2. The third-order valence-electron chi connectivity index (χ3n) is 1.07. The number of nitrogen functional groups attached to an aromatic ring is 1. The van der Waals surface area contributed by atoms with Gasteiger partial charge in [0.2, 0.25) is 5.89 Å². The van der Waals surface area contributed by atoms with Gasteiger partial charge >= 0.3 is 0 Å². The van der Waals surface area contributed by atoms with Gasteiger partial charge in [0.05, 0.1) is 0 Å². The molecule has 4 heteroatoms. The van der Waals surface area contributed by atoms with Crippen molar-refractivity contribution in [3.63, 3.8) is 0 Å². The lowest BCUT2D eigenvalue weighted by atomic mass is 10.1. The van der Waals surface area contributed by atoms with Gasteiger partial charge in [-0.2, -0.15) is 4.98 Å². The summed E-state index contributed by atoms with van der Waals surface area (Å²) < 4.78 is 4.79. The maximum absolute atomic E-state index is 5.24. The molecule has 0 atom stereocenters. The molecular formula is C6H11N3O. The lowest BCUT2D eigenvalue weighted by Crippen LogP contribution is -1.94. The molecule has 0 saturated carbocycles. The Kier molecular flexibility index (Phi) is 1.89. The Bertz CT molecular complexity index is 207. The minimum absolute atomic E-state index is 0.218. The molecule has 0 radical (unpaired) electrons. The van der Waals surface area contributed by atoms with Crippen LogP contribution in [-0.2, 0) is 6.42 Å². The molecule has 10 heavy (non-hydrogen) atoms. The molecule has 1 heterocycles. The Morgan fingerprint density at radius 3 is 2.70 bits per heavy atom. The van der Waals surface area contributed by atoms with Crippen LogP contribution >= 0.6 is 0 Å². The van der Waals surface area contributed by atoms with E-state index in [4.69, 9.17) is 10.3 Å². The van der Waals surface area contributed by atoms with Gasteiger partial charge in [0, 0.05) is 6.42 Å². The van der Waals surface area contributed by atoms with E-state index in [2.05, 4.69) is 24.0 Å². The maximum atomic E-state index is 5.24. The van der Waals surface area contributed by atoms with Crippen LogP contribution in [-0.4, -0.2) is 10.1 Å². The third kappa shape index (κ3) is 1.72. The summed E-state index contributed by atoms with van der Waals surface area (Å²) in [6.07, 6.45) is 0.796. The molecule has 0 spiro atoms. The highest BCUT2D eigenvalue weighted by Crippen LogP contribution is 2.05. The summed E-state index contributed by atoms with van der Waals surface area (Å²) in [6.45, 7) is 4.17. The molecule has 4 nitrogen and oxygen atoms in total. The van der Waals surface area contributed by atoms with Crippen LogP contribution in [0.3, 0.4) is 0 Å². The monoisotopic (exact) mass is 141 g/mol. The second kappa shape index (κ2) is 2.68. The highest BCUT2D eigenvalue weighted by Gasteiger charge is 2.04. The number of hydrogen-bond donors (Lipinski definition) is 1. The lowest BCUT2D eigenvalue weighted by Gasteiger charge is -1.95. The van der Waals surface area contributed by atoms with Gasteiger partial charge in [0.15, 0.2) is 0 Å². The molecule has 56 valence electrons. The fourth-order valence-corrected chi connectivity index (χ4v) is 0.700. The average Bonchev–Trinajstić information content (AvgIpc) is 2.13.